The predicted molar refractivity (Wildman–Crippen MR) is 89.8 cm³/mol. The van der Waals surface area contributed by atoms with Crippen LogP contribution in [0.2, 0.25) is 0 Å². The Kier molecular flexibility index (Phi) is 4.39. The molecule has 0 atom stereocenters. The molecule has 1 N–H and O–H groups in total. The standard InChI is InChI=1S/C14H12BrN5OS/c1-20-8-17-19-14(20)22-7-12(21)18-11-5-4-10(15)9-3-2-6-16-13(9)11/h2-6,8H,7H2,1H3,(H,18,21). The number of fused-ring (bicyclic) bond motifs is 1. The lowest BCUT2D eigenvalue weighted by Gasteiger charge is -2.09. The van der Waals surface area contributed by atoms with Crippen LogP contribution in [0.1, 0.15) is 0 Å². The Morgan fingerprint density at radius 1 is 1.41 bits per heavy atom. The number of thioether (sulfide) groups is 1. The first kappa shape index (κ1) is 15.0. The van der Waals surface area contributed by atoms with E-state index in [-0.39, 0.29) is 11.7 Å². The fourth-order valence-corrected chi connectivity index (χ4v) is 3.10. The van der Waals surface area contributed by atoms with Crippen LogP contribution < -0.4 is 5.32 Å². The van der Waals surface area contributed by atoms with Crippen LogP contribution in [0.5, 0.6) is 0 Å². The lowest BCUT2D eigenvalue weighted by atomic mass is 10.2. The van der Waals surface area contributed by atoms with Crippen LogP contribution in [0.3, 0.4) is 0 Å². The van der Waals surface area contributed by atoms with Gasteiger partial charge in [0, 0.05) is 23.1 Å². The smallest absolute Gasteiger partial charge is 0.234 e. The number of aryl methyl sites for hydroxylation is 1. The second-order valence-electron chi connectivity index (χ2n) is 4.56. The van der Waals surface area contributed by atoms with Gasteiger partial charge in [0.1, 0.15) is 6.33 Å². The molecule has 0 aliphatic rings. The Morgan fingerprint density at radius 2 is 2.27 bits per heavy atom. The van der Waals surface area contributed by atoms with Crippen molar-refractivity contribution < 1.29 is 4.79 Å². The Labute approximate surface area is 139 Å². The lowest BCUT2D eigenvalue weighted by molar-refractivity contribution is -0.113. The summed E-state index contributed by atoms with van der Waals surface area (Å²) in [5, 5.41) is 12.3. The van der Waals surface area contributed by atoms with E-state index in [0.717, 1.165) is 15.4 Å². The van der Waals surface area contributed by atoms with Crippen molar-refractivity contribution in [3.63, 3.8) is 0 Å². The van der Waals surface area contributed by atoms with E-state index in [4.69, 9.17) is 0 Å². The number of rotatable bonds is 4. The first-order valence-corrected chi connectivity index (χ1v) is 8.23. The van der Waals surface area contributed by atoms with E-state index in [9.17, 15) is 4.79 Å². The number of hydrogen-bond donors (Lipinski definition) is 1. The number of carbonyl (C=O) groups is 1. The van der Waals surface area contributed by atoms with E-state index >= 15 is 0 Å². The molecule has 1 aromatic carbocycles. The van der Waals surface area contributed by atoms with Crippen LogP contribution in [-0.4, -0.2) is 31.4 Å². The highest BCUT2D eigenvalue weighted by molar-refractivity contribution is 9.10. The molecule has 1 amide bonds. The minimum absolute atomic E-state index is 0.109. The summed E-state index contributed by atoms with van der Waals surface area (Å²) >= 11 is 4.82. The van der Waals surface area contributed by atoms with Gasteiger partial charge in [0.2, 0.25) is 5.91 Å². The van der Waals surface area contributed by atoms with Crippen molar-refractivity contribution in [3.05, 3.63) is 41.3 Å². The number of benzene rings is 1. The zero-order chi connectivity index (χ0) is 15.5. The van der Waals surface area contributed by atoms with E-state index in [1.54, 1.807) is 17.1 Å². The first-order chi connectivity index (χ1) is 10.6. The summed E-state index contributed by atoms with van der Waals surface area (Å²) in [6, 6.07) is 7.55. The van der Waals surface area contributed by atoms with Crippen LogP contribution >= 0.6 is 27.7 Å². The number of hydrogen-bond acceptors (Lipinski definition) is 5. The molecule has 8 heteroatoms. The van der Waals surface area contributed by atoms with Crippen LogP contribution in [0.15, 0.2) is 46.4 Å². The van der Waals surface area contributed by atoms with Crippen LogP contribution in [0.4, 0.5) is 5.69 Å². The van der Waals surface area contributed by atoms with E-state index in [1.165, 1.54) is 11.8 Å². The average molecular weight is 378 g/mol. The number of amides is 1. The molecular formula is C14H12BrN5OS. The van der Waals surface area contributed by atoms with E-state index < -0.39 is 0 Å². The second kappa shape index (κ2) is 6.45. The summed E-state index contributed by atoms with van der Waals surface area (Å²) in [7, 11) is 1.84. The van der Waals surface area contributed by atoms with Crippen LogP contribution in [0.25, 0.3) is 10.9 Å². The van der Waals surface area contributed by atoms with Gasteiger partial charge in [0.05, 0.1) is 17.0 Å². The monoisotopic (exact) mass is 377 g/mol. The van der Waals surface area contributed by atoms with Gasteiger partial charge in [-0.05, 0) is 18.2 Å². The Balaban J connectivity index is 1.74. The summed E-state index contributed by atoms with van der Waals surface area (Å²) in [6.45, 7) is 0. The van der Waals surface area contributed by atoms with Crippen molar-refractivity contribution in [3.8, 4) is 0 Å². The highest BCUT2D eigenvalue weighted by atomic mass is 79.9. The molecule has 22 heavy (non-hydrogen) atoms. The van der Waals surface area contributed by atoms with Crippen molar-refractivity contribution in [1.82, 2.24) is 19.7 Å². The van der Waals surface area contributed by atoms with E-state index in [0.29, 0.717) is 10.8 Å². The minimum Gasteiger partial charge on any atom is -0.323 e. The molecule has 0 saturated carbocycles. The molecule has 2 aromatic heterocycles. The molecule has 3 aromatic rings. The third-order valence-corrected chi connectivity index (χ3v) is 4.72. The maximum absolute atomic E-state index is 12.1. The minimum atomic E-state index is -0.109. The molecule has 3 rings (SSSR count). The predicted octanol–water partition coefficient (Wildman–Crippen LogP) is 2.86. The fourth-order valence-electron chi connectivity index (χ4n) is 1.96. The third-order valence-electron chi connectivity index (χ3n) is 2.99. The highest BCUT2D eigenvalue weighted by Crippen LogP contribution is 2.28. The van der Waals surface area contributed by atoms with Crippen molar-refractivity contribution in [2.24, 2.45) is 7.05 Å². The molecule has 0 fully saturated rings. The zero-order valence-corrected chi connectivity index (χ0v) is 14.1. The topological polar surface area (TPSA) is 72.7 Å². The van der Waals surface area contributed by atoms with Crippen molar-refractivity contribution in [2.45, 2.75) is 5.16 Å². The molecule has 0 radical (unpaired) electrons. The molecule has 112 valence electrons. The quantitative estimate of drug-likeness (QED) is 0.707. The molecule has 0 bridgehead atoms. The summed E-state index contributed by atoms with van der Waals surface area (Å²) in [5.74, 6) is 0.152. The number of carbonyl (C=O) groups excluding carboxylic acids is 1. The van der Waals surface area contributed by atoms with E-state index in [1.807, 2.05) is 31.3 Å². The van der Waals surface area contributed by atoms with E-state index in [2.05, 4.69) is 36.4 Å². The van der Waals surface area contributed by atoms with Crippen molar-refractivity contribution in [2.75, 3.05) is 11.1 Å². The maximum Gasteiger partial charge on any atom is 0.234 e. The van der Waals surface area contributed by atoms with Crippen molar-refractivity contribution in [1.29, 1.82) is 0 Å². The molecule has 0 aliphatic carbocycles. The fraction of sp³-hybridized carbons (Fsp3) is 0.143. The van der Waals surface area contributed by atoms with Crippen LogP contribution in [-0.2, 0) is 11.8 Å². The van der Waals surface area contributed by atoms with Crippen LogP contribution in [0, 0.1) is 0 Å². The molecule has 2 heterocycles. The second-order valence-corrected chi connectivity index (χ2v) is 6.35. The van der Waals surface area contributed by atoms with Gasteiger partial charge in [0.25, 0.3) is 0 Å². The lowest BCUT2D eigenvalue weighted by Crippen LogP contribution is -2.15. The Bertz CT molecular complexity index is 835. The molecule has 0 unspecified atom stereocenters. The van der Waals surface area contributed by atoms with Gasteiger partial charge in [0.15, 0.2) is 5.16 Å². The molecular weight excluding hydrogens is 366 g/mol. The Hall–Kier alpha value is -1.93. The SMILES string of the molecule is Cn1cnnc1SCC(=O)Nc1ccc(Br)c2cccnc12. The third kappa shape index (κ3) is 3.12. The van der Waals surface area contributed by atoms with Gasteiger partial charge in [-0.25, -0.2) is 0 Å². The number of aromatic nitrogens is 4. The number of halogens is 1. The molecule has 0 spiro atoms. The number of pyridine rings is 1. The van der Waals surface area contributed by atoms with Gasteiger partial charge in [-0.1, -0.05) is 33.8 Å². The number of nitrogens with zero attached hydrogens (tertiary/aromatic N) is 4. The normalized spacial score (nSPS) is 10.8. The number of anilines is 1. The molecule has 0 saturated heterocycles. The average Bonchev–Trinajstić information content (AvgIpc) is 2.94. The summed E-state index contributed by atoms with van der Waals surface area (Å²) < 4.78 is 2.72. The van der Waals surface area contributed by atoms with Gasteiger partial charge in [-0.2, -0.15) is 0 Å². The first-order valence-electron chi connectivity index (χ1n) is 6.45. The van der Waals surface area contributed by atoms with Gasteiger partial charge < -0.3 is 9.88 Å². The largest absolute Gasteiger partial charge is 0.323 e. The summed E-state index contributed by atoms with van der Waals surface area (Å²) in [4.78, 5) is 16.5. The van der Waals surface area contributed by atoms with Gasteiger partial charge >= 0.3 is 0 Å². The van der Waals surface area contributed by atoms with Gasteiger partial charge in [-0.3, -0.25) is 9.78 Å². The zero-order valence-electron chi connectivity index (χ0n) is 11.7. The van der Waals surface area contributed by atoms with Gasteiger partial charge in [-0.15, -0.1) is 10.2 Å². The summed E-state index contributed by atoms with van der Waals surface area (Å²) in [5.41, 5.74) is 1.45. The molecule has 0 aliphatic heterocycles. The van der Waals surface area contributed by atoms with Crippen molar-refractivity contribution >= 4 is 50.2 Å². The maximum atomic E-state index is 12.1. The molecule has 6 nitrogen and oxygen atoms in total. The summed E-state index contributed by atoms with van der Waals surface area (Å²) in [6.07, 6.45) is 3.31. The highest BCUT2D eigenvalue weighted by Gasteiger charge is 2.10. The Morgan fingerprint density at radius 3 is 3.05 bits per heavy atom. The number of nitrogens with one attached hydrogen (secondary N) is 1.